The molecule has 3 N–H and O–H groups in total. The van der Waals surface area contributed by atoms with Gasteiger partial charge in [0.2, 0.25) is 0 Å². The highest BCUT2D eigenvalue weighted by atomic mass is 32.1. The Morgan fingerprint density at radius 3 is 2.41 bits per heavy atom. The Balaban J connectivity index is 2.07. The van der Waals surface area contributed by atoms with Crippen LogP contribution in [0.25, 0.3) is 0 Å². The van der Waals surface area contributed by atoms with Crippen molar-refractivity contribution in [1.29, 1.82) is 0 Å². The first-order valence-electron chi connectivity index (χ1n) is 6.12. The van der Waals surface area contributed by atoms with Gasteiger partial charge in [-0.3, -0.25) is 20.2 Å². The summed E-state index contributed by atoms with van der Waals surface area (Å²) in [6.07, 6.45) is 0. The van der Waals surface area contributed by atoms with Crippen molar-refractivity contribution in [1.82, 2.24) is 5.32 Å². The molecule has 2 aromatic rings. The van der Waals surface area contributed by atoms with Gasteiger partial charge in [0, 0.05) is 11.8 Å². The molecule has 22 heavy (non-hydrogen) atoms. The van der Waals surface area contributed by atoms with Gasteiger partial charge in [0.1, 0.15) is 11.3 Å². The second-order valence-corrected chi connectivity index (χ2v) is 4.64. The summed E-state index contributed by atoms with van der Waals surface area (Å²) >= 11 is 4.98. The molecule has 0 saturated heterocycles. The number of thiocarbonyl (C=S) groups is 1. The Labute approximate surface area is 130 Å². The average molecular weight is 317 g/mol. The van der Waals surface area contributed by atoms with Gasteiger partial charge in [-0.2, -0.15) is 0 Å². The maximum atomic E-state index is 12.0. The number of rotatable bonds is 3. The number of phenolic OH excluding ortho intramolecular Hbond substituents is 1. The number of hydrogen-bond donors (Lipinski definition) is 3. The minimum Gasteiger partial charge on any atom is -0.508 e. The Morgan fingerprint density at radius 2 is 1.77 bits per heavy atom. The fourth-order valence-electron chi connectivity index (χ4n) is 1.70. The largest absolute Gasteiger partial charge is 0.508 e. The first kappa shape index (κ1) is 15.4. The third kappa shape index (κ3) is 3.76. The van der Waals surface area contributed by atoms with Crippen molar-refractivity contribution in [2.45, 2.75) is 0 Å². The number of nitro benzene ring substituents is 1. The number of aromatic hydroxyl groups is 1. The van der Waals surface area contributed by atoms with Crippen molar-refractivity contribution in [2.24, 2.45) is 0 Å². The smallest absolute Gasteiger partial charge is 0.282 e. The van der Waals surface area contributed by atoms with Gasteiger partial charge in [0.25, 0.3) is 11.6 Å². The average Bonchev–Trinajstić information content (AvgIpc) is 2.49. The lowest BCUT2D eigenvalue weighted by atomic mass is 10.1. The number of benzene rings is 2. The molecule has 0 fully saturated rings. The molecule has 0 saturated carbocycles. The van der Waals surface area contributed by atoms with Gasteiger partial charge in [-0.1, -0.05) is 12.1 Å². The Bertz CT molecular complexity index is 731. The van der Waals surface area contributed by atoms with E-state index >= 15 is 0 Å². The zero-order valence-electron chi connectivity index (χ0n) is 11.1. The quantitative estimate of drug-likeness (QED) is 0.347. The van der Waals surface area contributed by atoms with Gasteiger partial charge < -0.3 is 10.4 Å². The molecule has 2 aromatic carbocycles. The lowest BCUT2D eigenvalue weighted by molar-refractivity contribution is -0.385. The summed E-state index contributed by atoms with van der Waals surface area (Å²) in [5, 5.41) is 25.2. The molecule has 0 heterocycles. The molecule has 0 spiro atoms. The molecule has 8 heteroatoms. The number of nitro groups is 1. The normalized spacial score (nSPS) is 9.82. The van der Waals surface area contributed by atoms with E-state index in [2.05, 4.69) is 10.6 Å². The van der Waals surface area contributed by atoms with Crippen molar-refractivity contribution < 1.29 is 14.8 Å². The Hall–Kier alpha value is -3.00. The lowest BCUT2D eigenvalue weighted by Crippen LogP contribution is -2.34. The second kappa shape index (κ2) is 6.64. The number of hydrogen-bond acceptors (Lipinski definition) is 5. The topological polar surface area (TPSA) is 104 Å². The van der Waals surface area contributed by atoms with Crippen LogP contribution < -0.4 is 10.6 Å². The highest BCUT2D eigenvalue weighted by molar-refractivity contribution is 7.80. The molecule has 2 rings (SSSR count). The fourth-order valence-corrected chi connectivity index (χ4v) is 1.91. The third-order valence-corrected chi connectivity index (χ3v) is 2.90. The molecule has 0 aliphatic carbocycles. The van der Waals surface area contributed by atoms with Crippen LogP contribution in [-0.4, -0.2) is 21.0 Å². The molecular formula is C14H11N3O4S. The van der Waals surface area contributed by atoms with Crippen molar-refractivity contribution in [3.63, 3.8) is 0 Å². The number of amides is 1. The molecule has 0 radical (unpaired) electrons. The second-order valence-electron chi connectivity index (χ2n) is 4.23. The van der Waals surface area contributed by atoms with E-state index in [1.807, 2.05) is 0 Å². The van der Waals surface area contributed by atoms with E-state index in [1.54, 1.807) is 12.1 Å². The maximum absolute atomic E-state index is 12.0. The van der Waals surface area contributed by atoms with E-state index in [1.165, 1.54) is 36.4 Å². The number of para-hydroxylation sites is 1. The van der Waals surface area contributed by atoms with Crippen molar-refractivity contribution in [2.75, 3.05) is 5.32 Å². The third-order valence-electron chi connectivity index (χ3n) is 2.70. The van der Waals surface area contributed by atoms with Crippen LogP contribution in [0.5, 0.6) is 5.75 Å². The maximum Gasteiger partial charge on any atom is 0.282 e. The summed E-state index contributed by atoms with van der Waals surface area (Å²) < 4.78 is 0. The van der Waals surface area contributed by atoms with Crippen LogP contribution >= 0.6 is 12.2 Å². The van der Waals surface area contributed by atoms with Crippen LogP contribution in [0.15, 0.2) is 48.5 Å². The highest BCUT2D eigenvalue weighted by Crippen LogP contribution is 2.17. The molecule has 0 atom stereocenters. The zero-order valence-corrected chi connectivity index (χ0v) is 12.0. The van der Waals surface area contributed by atoms with Gasteiger partial charge in [-0.15, -0.1) is 0 Å². The van der Waals surface area contributed by atoms with Crippen molar-refractivity contribution in [3.8, 4) is 5.75 Å². The lowest BCUT2D eigenvalue weighted by Gasteiger charge is -2.09. The van der Waals surface area contributed by atoms with Gasteiger partial charge >= 0.3 is 0 Å². The molecule has 0 unspecified atom stereocenters. The number of carbonyl (C=O) groups excluding carboxylic acids is 1. The fraction of sp³-hybridized carbons (Fsp3) is 0. The summed E-state index contributed by atoms with van der Waals surface area (Å²) in [6, 6.07) is 11.6. The van der Waals surface area contributed by atoms with Gasteiger partial charge in [-0.05, 0) is 42.5 Å². The van der Waals surface area contributed by atoms with E-state index in [4.69, 9.17) is 12.2 Å². The van der Waals surface area contributed by atoms with E-state index in [-0.39, 0.29) is 22.1 Å². The van der Waals surface area contributed by atoms with Crippen LogP contribution in [0.2, 0.25) is 0 Å². The molecule has 7 nitrogen and oxygen atoms in total. The molecule has 0 bridgehead atoms. The van der Waals surface area contributed by atoms with Crippen LogP contribution in [0.3, 0.4) is 0 Å². The minimum absolute atomic E-state index is 0.00570. The van der Waals surface area contributed by atoms with Crippen LogP contribution in [0.1, 0.15) is 10.4 Å². The zero-order chi connectivity index (χ0) is 16.1. The number of anilines is 1. The Kier molecular flexibility index (Phi) is 4.64. The van der Waals surface area contributed by atoms with Crippen LogP contribution in [0.4, 0.5) is 11.4 Å². The number of carbonyl (C=O) groups is 1. The predicted molar refractivity (Wildman–Crippen MR) is 84.9 cm³/mol. The SMILES string of the molecule is O=C(NC(=S)Nc1ccc(O)cc1)c1ccccc1[N+](=O)[O-]. The number of phenols is 1. The van der Waals surface area contributed by atoms with Gasteiger partial charge in [-0.25, -0.2) is 0 Å². The number of nitrogens with one attached hydrogen (secondary N) is 2. The molecular weight excluding hydrogens is 306 g/mol. The Morgan fingerprint density at radius 1 is 1.14 bits per heavy atom. The molecule has 112 valence electrons. The monoisotopic (exact) mass is 317 g/mol. The van der Waals surface area contributed by atoms with E-state index in [9.17, 15) is 20.0 Å². The summed E-state index contributed by atoms with van der Waals surface area (Å²) in [5.41, 5.74) is 0.181. The summed E-state index contributed by atoms with van der Waals surface area (Å²) in [7, 11) is 0. The summed E-state index contributed by atoms with van der Waals surface area (Å²) in [5.74, 6) is -0.580. The molecule has 0 aliphatic heterocycles. The van der Waals surface area contributed by atoms with E-state index in [0.29, 0.717) is 5.69 Å². The summed E-state index contributed by atoms with van der Waals surface area (Å²) in [4.78, 5) is 22.3. The highest BCUT2D eigenvalue weighted by Gasteiger charge is 2.19. The standard InChI is InChI=1S/C14H11N3O4S/c18-10-7-5-9(6-8-10)15-14(22)16-13(19)11-3-1-2-4-12(11)17(20)21/h1-8,18H,(H2,15,16,19,22). The van der Waals surface area contributed by atoms with Gasteiger partial charge in [0.15, 0.2) is 5.11 Å². The summed E-state index contributed by atoms with van der Waals surface area (Å²) in [6.45, 7) is 0. The first-order chi connectivity index (χ1) is 10.5. The minimum atomic E-state index is -0.677. The van der Waals surface area contributed by atoms with E-state index < -0.39 is 10.8 Å². The molecule has 0 aliphatic rings. The van der Waals surface area contributed by atoms with Crippen LogP contribution in [-0.2, 0) is 0 Å². The van der Waals surface area contributed by atoms with Crippen molar-refractivity contribution in [3.05, 3.63) is 64.2 Å². The van der Waals surface area contributed by atoms with Crippen molar-refractivity contribution >= 4 is 34.6 Å². The molecule has 0 aromatic heterocycles. The predicted octanol–water partition coefficient (Wildman–Crippen LogP) is 2.43. The van der Waals surface area contributed by atoms with E-state index in [0.717, 1.165) is 0 Å². The molecule has 1 amide bonds. The number of nitrogens with zero attached hydrogens (tertiary/aromatic N) is 1. The van der Waals surface area contributed by atoms with Crippen LogP contribution in [0, 0.1) is 10.1 Å². The van der Waals surface area contributed by atoms with Gasteiger partial charge in [0.05, 0.1) is 4.92 Å². The first-order valence-corrected chi connectivity index (χ1v) is 6.53.